The van der Waals surface area contributed by atoms with Crippen LogP contribution in [0.15, 0.2) is 45.6 Å². The van der Waals surface area contributed by atoms with E-state index in [1.54, 1.807) is 13.2 Å². The van der Waals surface area contributed by atoms with Gasteiger partial charge in [-0.1, -0.05) is 12.1 Å². The van der Waals surface area contributed by atoms with Crippen molar-refractivity contribution >= 4 is 11.0 Å². The van der Waals surface area contributed by atoms with Crippen LogP contribution in [0.4, 0.5) is 0 Å². The molecular formula is C22H24NO5+. The minimum absolute atomic E-state index is 0.159. The number of hydrogen-bond donors (Lipinski definition) is 2. The van der Waals surface area contributed by atoms with Crippen LogP contribution in [0, 0.1) is 6.92 Å². The molecule has 0 unspecified atom stereocenters. The summed E-state index contributed by atoms with van der Waals surface area (Å²) in [4.78, 5) is 14.2. The van der Waals surface area contributed by atoms with E-state index in [1.807, 2.05) is 37.3 Å². The van der Waals surface area contributed by atoms with Gasteiger partial charge in [0.15, 0.2) is 5.58 Å². The highest BCUT2D eigenvalue weighted by atomic mass is 16.5. The summed E-state index contributed by atoms with van der Waals surface area (Å²) in [6.45, 7) is 5.64. The number of aryl methyl sites for hydroxylation is 1. The highest BCUT2D eigenvalue weighted by molar-refractivity contribution is 5.89. The van der Waals surface area contributed by atoms with E-state index in [0.717, 1.165) is 35.4 Å². The average molecular weight is 382 g/mol. The molecule has 6 heteroatoms. The number of methoxy groups -OCH3 is 1. The number of morpholine rings is 1. The number of ether oxygens (including phenoxy) is 2. The SMILES string of the molecule is COc1ccc(-c2c(C)c3ccc(O)c(C[NH+]4CCOCC4)c3oc2=O)cc1. The van der Waals surface area contributed by atoms with Gasteiger partial charge in [0.1, 0.15) is 31.1 Å². The number of quaternary nitrogens is 1. The van der Waals surface area contributed by atoms with Crippen LogP contribution in [-0.2, 0) is 11.3 Å². The molecular weight excluding hydrogens is 358 g/mol. The maximum Gasteiger partial charge on any atom is 0.344 e. The molecule has 2 heterocycles. The Bertz CT molecular complexity index is 1050. The fourth-order valence-electron chi connectivity index (χ4n) is 3.81. The summed E-state index contributed by atoms with van der Waals surface area (Å²) >= 11 is 0. The first-order valence-electron chi connectivity index (χ1n) is 9.42. The second-order valence-electron chi connectivity index (χ2n) is 7.10. The van der Waals surface area contributed by atoms with Gasteiger partial charge in [0.2, 0.25) is 0 Å². The number of phenolic OH excluding ortho intramolecular Hbond substituents is 1. The Morgan fingerprint density at radius 2 is 1.82 bits per heavy atom. The van der Waals surface area contributed by atoms with Crippen molar-refractivity contribution in [2.75, 3.05) is 33.4 Å². The van der Waals surface area contributed by atoms with Gasteiger partial charge in [-0.05, 0) is 42.3 Å². The van der Waals surface area contributed by atoms with E-state index in [0.29, 0.717) is 36.5 Å². The molecule has 28 heavy (non-hydrogen) atoms. The molecule has 6 nitrogen and oxygen atoms in total. The van der Waals surface area contributed by atoms with Gasteiger partial charge in [-0.2, -0.15) is 0 Å². The zero-order chi connectivity index (χ0) is 19.7. The van der Waals surface area contributed by atoms with Crippen molar-refractivity contribution in [3.05, 3.63) is 57.9 Å². The first kappa shape index (κ1) is 18.5. The molecule has 3 aromatic rings. The van der Waals surface area contributed by atoms with Gasteiger partial charge in [-0.15, -0.1) is 0 Å². The highest BCUT2D eigenvalue weighted by Gasteiger charge is 2.22. The summed E-state index contributed by atoms with van der Waals surface area (Å²) in [5.74, 6) is 0.888. The largest absolute Gasteiger partial charge is 0.507 e. The van der Waals surface area contributed by atoms with Gasteiger partial charge in [-0.25, -0.2) is 4.79 Å². The summed E-state index contributed by atoms with van der Waals surface area (Å²) in [7, 11) is 1.61. The first-order valence-corrected chi connectivity index (χ1v) is 9.42. The zero-order valence-corrected chi connectivity index (χ0v) is 16.1. The van der Waals surface area contributed by atoms with E-state index >= 15 is 0 Å². The minimum atomic E-state index is -0.404. The molecule has 146 valence electrons. The van der Waals surface area contributed by atoms with E-state index in [-0.39, 0.29) is 5.75 Å². The maximum atomic E-state index is 12.9. The fourth-order valence-corrected chi connectivity index (χ4v) is 3.81. The summed E-state index contributed by atoms with van der Waals surface area (Å²) in [5, 5.41) is 11.3. The van der Waals surface area contributed by atoms with Crippen LogP contribution in [0.5, 0.6) is 11.5 Å². The molecule has 1 aliphatic rings. The van der Waals surface area contributed by atoms with Crippen LogP contribution in [0.25, 0.3) is 22.1 Å². The van der Waals surface area contributed by atoms with Gasteiger partial charge in [0.25, 0.3) is 0 Å². The minimum Gasteiger partial charge on any atom is -0.507 e. The summed E-state index contributed by atoms with van der Waals surface area (Å²) in [6, 6.07) is 10.8. The number of phenols is 1. The predicted octanol–water partition coefficient (Wildman–Crippen LogP) is 1.90. The van der Waals surface area contributed by atoms with Gasteiger partial charge < -0.3 is 23.9 Å². The molecule has 0 spiro atoms. The van der Waals surface area contributed by atoms with Crippen LogP contribution in [0.1, 0.15) is 11.1 Å². The Kier molecular flexibility index (Phi) is 5.07. The number of fused-ring (bicyclic) bond motifs is 1. The molecule has 0 amide bonds. The lowest BCUT2D eigenvalue weighted by atomic mass is 9.97. The first-order chi connectivity index (χ1) is 13.6. The summed E-state index contributed by atoms with van der Waals surface area (Å²) in [6.07, 6.45) is 0. The molecule has 0 saturated carbocycles. The highest BCUT2D eigenvalue weighted by Crippen LogP contribution is 2.32. The number of nitrogens with one attached hydrogen (secondary N) is 1. The van der Waals surface area contributed by atoms with Gasteiger partial charge >= 0.3 is 5.63 Å². The van der Waals surface area contributed by atoms with Crippen molar-refractivity contribution in [1.29, 1.82) is 0 Å². The number of aromatic hydroxyl groups is 1. The molecule has 0 atom stereocenters. The van der Waals surface area contributed by atoms with Crippen molar-refractivity contribution in [1.82, 2.24) is 0 Å². The molecule has 0 aliphatic carbocycles. The third-order valence-electron chi connectivity index (χ3n) is 5.42. The average Bonchev–Trinajstić information content (AvgIpc) is 2.71. The smallest absolute Gasteiger partial charge is 0.344 e. The fraction of sp³-hybridized carbons (Fsp3) is 0.318. The molecule has 1 aliphatic heterocycles. The lowest BCUT2D eigenvalue weighted by molar-refractivity contribution is -0.921. The summed E-state index contributed by atoms with van der Waals surface area (Å²) < 4.78 is 16.4. The third-order valence-corrected chi connectivity index (χ3v) is 5.42. The molecule has 0 bridgehead atoms. The molecule has 1 fully saturated rings. The molecule has 2 aromatic carbocycles. The molecule has 0 radical (unpaired) electrons. The van der Waals surface area contributed by atoms with E-state index in [4.69, 9.17) is 13.9 Å². The second kappa shape index (κ2) is 7.66. The van der Waals surface area contributed by atoms with E-state index in [9.17, 15) is 9.90 Å². The van der Waals surface area contributed by atoms with Crippen LogP contribution in [0.3, 0.4) is 0 Å². The Morgan fingerprint density at radius 3 is 2.50 bits per heavy atom. The number of benzene rings is 2. The Morgan fingerprint density at radius 1 is 1.11 bits per heavy atom. The Balaban J connectivity index is 1.83. The predicted molar refractivity (Wildman–Crippen MR) is 106 cm³/mol. The van der Waals surface area contributed by atoms with E-state index < -0.39 is 5.63 Å². The summed E-state index contributed by atoms with van der Waals surface area (Å²) in [5.41, 5.74) is 2.90. The van der Waals surface area contributed by atoms with Crippen molar-refractivity contribution in [2.24, 2.45) is 0 Å². The van der Waals surface area contributed by atoms with Gasteiger partial charge in [0, 0.05) is 5.39 Å². The Hall–Kier alpha value is -2.83. The quantitative estimate of drug-likeness (QED) is 0.675. The van der Waals surface area contributed by atoms with Gasteiger partial charge in [-0.3, -0.25) is 0 Å². The molecule has 1 saturated heterocycles. The van der Waals surface area contributed by atoms with Gasteiger partial charge in [0.05, 0.1) is 31.5 Å². The lowest BCUT2D eigenvalue weighted by Crippen LogP contribution is -3.12. The zero-order valence-electron chi connectivity index (χ0n) is 16.1. The number of rotatable bonds is 4. The van der Waals surface area contributed by atoms with Crippen molar-refractivity contribution in [3.8, 4) is 22.6 Å². The van der Waals surface area contributed by atoms with Crippen molar-refractivity contribution < 1.29 is 23.9 Å². The topological polar surface area (TPSA) is 73.3 Å². The number of hydrogen-bond acceptors (Lipinski definition) is 5. The lowest BCUT2D eigenvalue weighted by Gasteiger charge is -2.24. The normalized spacial score (nSPS) is 15.1. The van der Waals surface area contributed by atoms with E-state index in [2.05, 4.69) is 0 Å². The molecule has 2 N–H and O–H groups in total. The van der Waals surface area contributed by atoms with Crippen LogP contribution in [-0.4, -0.2) is 38.5 Å². The molecule has 4 rings (SSSR count). The van der Waals surface area contributed by atoms with Crippen LogP contribution in [0.2, 0.25) is 0 Å². The Labute approximate surface area is 162 Å². The van der Waals surface area contributed by atoms with Crippen LogP contribution >= 0.6 is 0 Å². The van der Waals surface area contributed by atoms with E-state index in [1.165, 1.54) is 4.90 Å². The second-order valence-corrected chi connectivity index (χ2v) is 7.10. The third kappa shape index (κ3) is 3.37. The van der Waals surface area contributed by atoms with Crippen LogP contribution < -0.4 is 15.3 Å². The monoisotopic (exact) mass is 382 g/mol. The van der Waals surface area contributed by atoms with Crippen molar-refractivity contribution in [2.45, 2.75) is 13.5 Å². The van der Waals surface area contributed by atoms with Crippen molar-refractivity contribution in [3.63, 3.8) is 0 Å². The molecule has 1 aromatic heterocycles. The standard InChI is InChI=1S/C22H23NO5/c1-14-17-7-8-19(24)18(13-23-9-11-27-12-10-23)21(17)28-22(25)20(14)15-3-5-16(26-2)6-4-15/h3-8,24H,9-13H2,1-2H3/p+1. The maximum absolute atomic E-state index is 12.9.